The quantitative estimate of drug-likeness (QED) is 0.827. The van der Waals surface area contributed by atoms with Crippen molar-refractivity contribution < 1.29 is 14.6 Å². The van der Waals surface area contributed by atoms with Gasteiger partial charge in [-0.05, 0) is 18.9 Å². The van der Waals surface area contributed by atoms with E-state index in [-0.39, 0.29) is 5.56 Å². The third-order valence-corrected chi connectivity index (χ3v) is 3.17. The average Bonchev–Trinajstić information content (AvgIpc) is 2.77. The number of carbonyl (C=O) groups is 1. The van der Waals surface area contributed by atoms with Crippen LogP contribution >= 0.6 is 0 Å². The van der Waals surface area contributed by atoms with E-state index in [9.17, 15) is 4.79 Å². The molecular weight excluding hydrogens is 234 g/mol. The lowest BCUT2D eigenvalue weighted by atomic mass is 10.1. The molecule has 6 heteroatoms. The second kappa shape index (κ2) is 5.88. The summed E-state index contributed by atoms with van der Waals surface area (Å²) >= 11 is 0. The number of carboxylic acids is 1. The van der Waals surface area contributed by atoms with Crippen molar-refractivity contribution in [3.8, 4) is 0 Å². The molecule has 2 heterocycles. The molecule has 18 heavy (non-hydrogen) atoms. The minimum Gasteiger partial charge on any atom is -0.478 e. The van der Waals surface area contributed by atoms with E-state index in [1.165, 1.54) is 12.5 Å². The molecule has 1 unspecified atom stereocenters. The summed E-state index contributed by atoms with van der Waals surface area (Å²) in [5.74, 6) is -0.441. The number of methoxy groups -OCH3 is 1. The van der Waals surface area contributed by atoms with Gasteiger partial charge in [0.1, 0.15) is 11.9 Å². The first kappa shape index (κ1) is 12.9. The molecule has 0 aliphatic carbocycles. The van der Waals surface area contributed by atoms with Crippen LogP contribution in [0.25, 0.3) is 0 Å². The molecule has 0 saturated carbocycles. The predicted molar refractivity (Wildman–Crippen MR) is 64.3 cm³/mol. The van der Waals surface area contributed by atoms with E-state index in [0.29, 0.717) is 18.2 Å². The molecule has 1 aromatic rings. The zero-order valence-electron chi connectivity index (χ0n) is 10.4. The van der Waals surface area contributed by atoms with Gasteiger partial charge in [0.25, 0.3) is 0 Å². The van der Waals surface area contributed by atoms with Crippen LogP contribution in [-0.4, -0.2) is 52.7 Å². The summed E-state index contributed by atoms with van der Waals surface area (Å²) in [6.07, 6.45) is 3.83. The number of hydrogen-bond donors (Lipinski definition) is 1. The fourth-order valence-corrected chi connectivity index (χ4v) is 2.30. The summed E-state index contributed by atoms with van der Waals surface area (Å²) in [6, 6.07) is 0. The second-order valence-corrected chi connectivity index (χ2v) is 4.53. The SMILES string of the molecule is COCC1CCN(Cc2ncncc2C(=O)O)C1. The van der Waals surface area contributed by atoms with Crippen LogP contribution in [-0.2, 0) is 11.3 Å². The van der Waals surface area contributed by atoms with Gasteiger partial charge < -0.3 is 9.84 Å². The first-order valence-corrected chi connectivity index (χ1v) is 5.94. The smallest absolute Gasteiger partial charge is 0.339 e. The maximum Gasteiger partial charge on any atom is 0.339 e. The predicted octanol–water partition coefficient (Wildman–Crippen LogP) is 0.643. The summed E-state index contributed by atoms with van der Waals surface area (Å²) in [5, 5.41) is 9.06. The van der Waals surface area contributed by atoms with Crippen LogP contribution in [0.5, 0.6) is 0 Å². The number of rotatable bonds is 5. The standard InChI is InChI=1S/C12H17N3O3/c1-18-7-9-2-3-15(5-9)6-11-10(12(16)17)4-13-8-14-11/h4,8-9H,2-3,5-7H2,1H3,(H,16,17). The Bertz CT molecular complexity index is 425. The van der Waals surface area contributed by atoms with Gasteiger partial charge in [0, 0.05) is 26.4 Å². The van der Waals surface area contributed by atoms with Crippen molar-refractivity contribution in [2.45, 2.75) is 13.0 Å². The average molecular weight is 251 g/mol. The van der Waals surface area contributed by atoms with E-state index in [1.807, 2.05) is 0 Å². The molecule has 1 aliphatic rings. The summed E-state index contributed by atoms with van der Waals surface area (Å²) < 4.78 is 5.14. The highest BCUT2D eigenvalue weighted by atomic mass is 16.5. The van der Waals surface area contributed by atoms with Gasteiger partial charge in [-0.2, -0.15) is 0 Å². The Kier molecular flexibility index (Phi) is 4.22. The summed E-state index contributed by atoms with van der Waals surface area (Å²) in [7, 11) is 1.70. The van der Waals surface area contributed by atoms with Crippen molar-refractivity contribution >= 4 is 5.97 Å². The maximum absolute atomic E-state index is 11.0. The zero-order chi connectivity index (χ0) is 13.0. The highest BCUT2D eigenvalue weighted by molar-refractivity contribution is 5.88. The largest absolute Gasteiger partial charge is 0.478 e. The van der Waals surface area contributed by atoms with Gasteiger partial charge in [0.2, 0.25) is 0 Å². The molecule has 1 N–H and O–H groups in total. The van der Waals surface area contributed by atoms with E-state index < -0.39 is 5.97 Å². The third kappa shape index (κ3) is 3.02. The van der Waals surface area contributed by atoms with Crippen molar-refractivity contribution in [3.05, 3.63) is 23.8 Å². The summed E-state index contributed by atoms with van der Waals surface area (Å²) in [4.78, 5) is 21.1. The number of likely N-dealkylation sites (tertiary alicyclic amines) is 1. The van der Waals surface area contributed by atoms with Crippen molar-refractivity contribution in [1.29, 1.82) is 0 Å². The van der Waals surface area contributed by atoms with Crippen LogP contribution in [0.3, 0.4) is 0 Å². The Morgan fingerprint density at radius 2 is 2.50 bits per heavy atom. The lowest BCUT2D eigenvalue weighted by molar-refractivity contribution is 0.0693. The van der Waals surface area contributed by atoms with Gasteiger partial charge in [-0.1, -0.05) is 0 Å². The minimum absolute atomic E-state index is 0.188. The van der Waals surface area contributed by atoms with Crippen LogP contribution in [0, 0.1) is 5.92 Å². The molecular formula is C12H17N3O3. The zero-order valence-corrected chi connectivity index (χ0v) is 10.4. The fourth-order valence-electron chi connectivity index (χ4n) is 2.30. The molecule has 1 aromatic heterocycles. The molecule has 1 saturated heterocycles. The Morgan fingerprint density at radius 1 is 1.67 bits per heavy atom. The molecule has 1 atom stereocenters. The van der Waals surface area contributed by atoms with E-state index >= 15 is 0 Å². The Labute approximate surface area is 106 Å². The van der Waals surface area contributed by atoms with Gasteiger partial charge >= 0.3 is 5.97 Å². The number of aromatic nitrogens is 2. The van der Waals surface area contributed by atoms with Crippen molar-refractivity contribution in [1.82, 2.24) is 14.9 Å². The fraction of sp³-hybridized carbons (Fsp3) is 0.583. The van der Waals surface area contributed by atoms with Crippen LogP contribution in [0.1, 0.15) is 22.5 Å². The van der Waals surface area contributed by atoms with Gasteiger partial charge in [0.05, 0.1) is 12.3 Å². The normalized spacial score (nSPS) is 20.2. The Hall–Kier alpha value is -1.53. The van der Waals surface area contributed by atoms with E-state index in [2.05, 4.69) is 14.9 Å². The van der Waals surface area contributed by atoms with Crippen LogP contribution < -0.4 is 0 Å². The molecule has 0 spiro atoms. The van der Waals surface area contributed by atoms with Gasteiger partial charge in [-0.15, -0.1) is 0 Å². The van der Waals surface area contributed by atoms with Crippen LogP contribution in [0.2, 0.25) is 0 Å². The molecule has 6 nitrogen and oxygen atoms in total. The highest BCUT2D eigenvalue weighted by Crippen LogP contribution is 2.19. The minimum atomic E-state index is -0.974. The number of ether oxygens (including phenoxy) is 1. The first-order valence-electron chi connectivity index (χ1n) is 5.94. The molecule has 0 radical (unpaired) electrons. The van der Waals surface area contributed by atoms with Crippen molar-refractivity contribution in [2.24, 2.45) is 5.92 Å². The first-order chi connectivity index (χ1) is 8.70. The lowest BCUT2D eigenvalue weighted by Crippen LogP contribution is -2.23. The maximum atomic E-state index is 11.0. The van der Waals surface area contributed by atoms with Gasteiger partial charge in [-0.25, -0.2) is 14.8 Å². The van der Waals surface area contributed by atoms with Gasteiger partial charge in [0.15, 0.2) is 0 Å². The highest BCUT2D eigenvalue weighted by Gasteiger charge is 2.24. The summed E-state index contributed by atoms with van der Waals surface area (Å²) in [6.45, 7) is 3.20. The number of nitrogens with zero attached hydrogens (tertiary/aromatic N) is 3. The van der Waals surface area contributed by atoms with Crippen LogP contribution in [0.4, 0.5) is 0 Å². The Balaban J connectivity index is 2.00. The third-order valence-electron chi connectivity index (χ3n) is 3.17. The number of aromatic carboxylic acids is 1. The van der Waals surface area contributed by atoms with Crippen molar-refractivity contribution in [3.63, 3.8) is 0 Å². The number of carboxylic acid groups (broad SMARTS) is 1. The molecule has 0 aromatic carbocycles. The Morgan fingerprint density at radius 3 is 3.22 bits per heavy atom. The molecule has 2 rings (SSSR count). The van der Waals surface area contributed by atoms with E-state index in [4.69, 9.17) is 9.84 Å². The van der Waals surface area contributed by atoms with E-state index in [0.717, 1.165) is 26.1 Å². The topological polar surface area (TPSA) is 75.5 Å². The molecule has 98 valence electrons. The number of hydrogen-bond acceptors (Lipinski definition) is 5. The molecule has 0 amide bonds. The summed E-state index contributed by atoms with van der Waals surface area (Å²) in [5.41, 5.74) is 0.767. The van der Waals surface area contributed by atoms with Gasteiger partial charge in [-0.3, -0.25) is 4.90 Å². The van der Waals surface area contributed by atoms with Crippen molar-refractivity contribution in [2.75, 3.05) is 26.8 Å². The van der Waals surface area contributed by atoms with Crippen LogP contribution in [0.15, 0.2) is 12.5 Å². The monoisotopic (exact) mass is 251 g/mol. The second-order valence-electron chi connectivity index (χ2n) is 4.53. The molecule has 1 fully saturated rings. The lowest BCUT2D eigenvalue weighted by Gasteiger charge is -2.16. The molecule has 1 aliphatic heterocycles. The molecule has 0 bridgehead atoms. The van der Waals surface area contributed by atoms with E-state index in [1.54, 1.807) is 7.11 Å².